The molecule has 3 nitrogen and oxygen atoms in total. The van der Waals surface area contributed by atoms with Gasteiger partial charge < -0.3 is 14.8 Å². The number of ether oxygens (including phenoxy) is 2. The van der Waals surface area contributed by atoms with Crippen molar-refractivity contribution < 1.29 is 18.3 Å². The molecule has 0 bridgehead atoms. The van der Waals surface area contributed by atoms with Crippen molar-refractivity contribution in [1.29, 1.82) is 0 Å². The molecule has 1 aromatic rings. The average molecular weight is 328 g/mol. The summed E-state index contributed by atoms with van der Waals surface area (Å²) in [6, 6.07) is 3.20. The Morgan fingerprint density at radius 3 is 2.50 bits per heavy atom. The Labute approximate surface area is 127 Å². The molecule has 1 atom stereocenters. The van der Waals surface area contributed by atoms with Crippen molar-refractivity contribution in [2.75, 3.05) is 27.4 Å². The highest BCUT2D eigenvalue weighted by Crippen LogP contribution is 2.34. The largest absolute Gasteiger partial charge is 0.495 e. The number of nitrogens with one attached hydrogen (secondary N) is 1. The Balaban J connectivity index is 2.72. The van der Waals surface area contributed by atoms with Crippen molar-refractivity contribution in [2.24, 2.45) is 0 Å². The molecule has 0 radical (unpaired) electrons. The van der Waals surface area contributed by atoms with Crippen LogP contribution in [0.25, 0.3) is 0 Å². The van der Waals surface area contributed by atoms with Gasteiger partial charge in [0.25, 0.3) is 6.43 Å². The van der Waals surface area contributed by atoms with Gasteiger partial charge in [0.1, 0.15) is 12.4 Å². The van der Waals surface area contributed by atoms with Gasteiger partial charge in [-0.15, -0.1) is 0 Å². The number of benzene rings is 1. The second-order valence-electron chi connectivity index (χ2n) is 4.10. The van der Waals surface area contributed by atoms with Gasteiger partial charge in [-0.2, -0.15) is 0 Å². The predicted molar refractivity (Wildman–Crippen MR) is 76.3 cm³/mol. The molecule has 0 saturated heterocycles. The first-order valence-electron chi connectivity index (χ1n) is 6.05. The molecule has 0 fully saturated rings. The highest BCUT2D eigenvalue weighted by Gasteiger charge is 2.16. The molecular formula is C13H17Cl2F2NO2. The van der Waals surface area contributed by atoms with Crippen molar-refractivity contribution in [3.63, 3.8) is 0 Å². The maximum absolute atomic E-state index is 12.0. The van der Waals surface area contributed by atoms with E-state index in [1.807, 2.05) is 0 Å². The molecule has 7 heteroatoms. The molecule has 0 aromatic heterocycles. The van der Waals surface area contributed by atoms with Crippen molar-refractivity contribution in [3.8, 4) is 5.75 Å². The smallest absolute Gasteiger partial charge is 0.261 e. The number of methoxy groups -OCH3 is 1. The molecule has 0 saturated carbocycles. The highest BCUT2D eigenvalue weighted by atomic mass is 35.5. The van der Waals surface area contributed by atoms with E-state index in [4.69, 9.17) is 32.7 Å². The predicted octanol–water partition coefficient (Wildman–Crippen LogP) is 3.93. The third kappa shape index (κ3) is 5.05. The van der Waals surface area contributed by atoms with E-state index in [0.29, 0.717) is 22.2 Å². The van der Waals surface area contributed by atoms with Gasteiger partial charge in [-0.05, 0) is 25.1 Å². The third-order valence-electron chi connectivity index (χ3n) is 2.79. The summed E-state index contributed by atoms with van der Waals surface area (Å²) >= 11 is 12.2. The minimum absolute atomic E-state index is 0.136. The van der Waals surface area contributed by atoms with Gasteiger partial charge in [0.2, 0.25) is 0 Å². The standard InChI is InChI=1S/C13H17Cl2F2NO2/c1-18-11(3-4-20-7-13(16)17)8-5-10(15)12(19-2)6-9(8)14/h5-6,11,13,18H,3-4,7H2,1-2H3. The SMILES string of the molecule is CNC(CCOCC(F)F)c1cc(Cl)c(OC)cc1Cl. The van der Waals surface area contributed by atoms with Crippen molar-refractivity contribution in [2.45, 2.75) is 18.9 Å². The summed E-state index contributed by atoms with van der Waals surface area (Å²) in [4.78, 5) is 0. The van der Waals surface area contributed by atoms with Crippen molar-refractivity contribution >= 4 is 23.2 Å². The third-order valence-corrected chi connectivity index (χ3v) is 3.41. The van der Waals surface area contributed by atoms with Gasteiger partial charge in [0.05, 0.1) is 12.1 Å². The Morgan fingerprint density at radius 1 is 1.25 bits per heavy atom. The van der Waals surface area contributed by atoms with E-state index < -0.39 is 13.0 Å². The minimum atomic E-state index is -2.46. The van der Waals surface area contributed by atoms with E-state index in [-0.39, 0.29) is 12.6 Å². The molecule has 0 heterocycles. The van der Waals surface area contributed by atoms with Gasteiger partial charge in [0.15, 0.2) is 0 Å². The van der Waals surface area contributed by atoms with E-state index in [9.17, 15) is 8.78 Å². The van der Waals surface area contributed by atoms with Crippen molar-refractivity contribution in [1.82, 2.24) is 5.32 Å². The second-order valence-corrected chi connectivity index (χ2v) is 4.92. The quantitative estimate of drug-likeness (QED) is 0.734. The fraction of sp³-hybridized carbons (Fsp3) is 0.538. The van der Waals surface area contributed by atoms with E-state index in [1.165, 1.54) is 7.11 Å². The zero-order valence-corrected chi connectivity index (χ0v) is 12.8. The summed E-state index contributed by atoms with van der Waals surface area (Å²) in [5.41, 5.74) is 0.778. The molecule has 0 aliphatic rings. The van der Waals surface area contributed by atoms with Crippen LogP contribution in [0.4, 0.5) is 8.78 Å². The highest BCUT2D eigenvalue weighted by molar-refractivity contribution is 6.34. The van der Waals surface area contributed by atoms with Crippen LogP contribution in [0.3, 0.4) is 0 Å². The van der Waals surface area contributed by atoms with Crippen LogP contribution in [-0.4, -0.2) is 33.8 Å². The second kappa shape index (κ2) is 8.62. The van der Waals surface area contributed by atoms with Crippen LogP contribution < -0.4 is 10.1 Å². The molecule has 1 aromatic carbocycles. The summed E-state index contributed by atoms with van der Waals surface area (Å²) < 4.78 is 33.9. The molecule has 1 N–H and O–H groups in total. The first-order chi connectivity index (χ1) is 9.49. The van der Waals surface area contributed by atoms with E-state index in [1.54, 1.807) is 19.2 Å². The topological polar surface area (TPSA) is 30.5 Å². The molecular weight excluding hydrogens is 311 g/mol. The number of alkyl halides is 2. The van der Waals surface area contributed by atoms with Crippen LogP contribution in [0.2, 0.25) is 10.0 Å². The van der Waals surface area contributed by atoms with Gasteiger partial charge in [0, 0.05) is 23.7 Å². The number of halogens is 4. The Kier molecular flexibility index (Phi) is 7.51. The van der Waals surface area contributed by atoms with Gasteiger partial charge in [-0.25, -0.2) is 8.78 Å². The summed E-state index contributed by atoms with van der Waals surface area (Å²) in [5, 5.41) is 4.01. The van der Waals surface area contributed by atoms with Crippen LogP contribution in [0.5, 0.6) is 5.75 Å². The fourth-order valence-electron chi connectivity index (χ4n) is 1.80. The summed E-state index contributed by atoms with van der Waals surface area (Å²) in [6.07, 6.45) is -1.95. The van der Waals surface area contributed by atoms with Crippen molar-refractivity contribution in [3.05, 3.63) is 27.7 Å². The lowest BCUT2D eigenvalue weighted by Crippen LogP contribution is -2.19. The lowest BCUT2D eigenvalue weighted by molar-refractivity contribution is 0.0145. The molecule has 20 heavy (non-hydrogen) atoms. The Bertz CT molecular complexity index is 433. The minimum Gasteiger partial charge on any atom is -0.495 e. The molecule has 1 unspecified atom stereocenters. The first-order valence-corrected chi connectivity index (χ1v) is 6.81. The molecule has 0 spiro atoms. The molecule has 114 valence electrons. The Morgan fingerprint density at radius 2 is 1.95 bits per heavy atom. The lowest BCUT2D eigenvalue weighted by Gasteiger charge is -2.19. The van der Waals surface area contributed by atoms with E-state index in [0.717, 1.165) is 5.56 Å². The fourth-order valence-corrected chi connectivity index (χ4v) is 2.33. The van der Waals surface area contributed by atoms with Crippen LogP contribution in [0.15, 0.2) is 12.1 Å². The number of rotatable bonds is 8. The molecule has 1 rings (SSSR count). The van der Waals surface area contributed by atoms with Crippen LogP contribution in [0, 0.1) is 0 Å². The summed E-state index contributed by atoms with van der Waals surface area (Å²) in [6.45, 7) is -0.358. The molecule has 0 aliphatic carbocycles. The van der Waals surface area contributed by atoms with Gasteiger partial charge in [-0.3, -0.25) is 0 Å². The van der Waals surface area contributed by atoms with Gasteiger partial charge >= 0.3 is 0 Å². The monoisotopic (exact) mass is 327 g/mol. The molecule has 0 aliphatic heterocycles. The summed E-state index contributed by atoms with van der Waals surface area (Å²) in [7, 11) is 3.26. The normalized spacial score (nSPS) is 12.8. The van der Waals surface area contributed by atoms with Crippen LogP contribution in [0.1, 0.15) is 18.0 Å². The zero-order chi connectivity index (χ0) is 15.1. The maximum Gasteiger partial charge on any atom is 0.261 e. The van der Waals surface area contributed by atoms with Gasteiger partial charge in [-0.1, -0.05) is 23.2 Å². The zero-order valence-electron chi connectivity index (χ0n) is 11.3. The molecule has 0 amide bonds. The number of hydrogen-bond acceptors (Lipinski definition) is 3. The van der Waals surface area contributed by atoms with Crippen LogP contribution >= 0.6 is 23.2 Å². The Hall–Kier alpha value is -0.620. The first kappa shape index (κ1) is 17.4. The average Bonchev–Trinajstić information content (AvgIpc) is 2.41. The lowest BCUT2D eigenvalue weighted by atomic mass is 10.0. The number of hydrogen-bond donors (Lipinski definition) is 1. The maximum atomic E-state index is 12.0. The van der Waals surface area contributed by atoms with E-state index >= 15 is 0 Å². The summed E-state index contributed by atoms with van der Waals surface area (Å²) in [5.74, 6) is 0.490. The van der Waals surface area contributed by atoms with Crippen LogP contribution in [-0.2, 0) is 4.74 Å². The van der Waals surface area contributed by atoms with E-state index in [2.05, 4.69) is 5.32 Å².